The zero-order valence-corrected chi connectivity index (χ0v) is 8.43. The Bertz CT molecular complexity index is 346. The van der Waals surface area contributed by atoms with Gasteiger partial charge in [0.15, 0.2) is 0 Å². The number of rotatable bonds is 2. The summed E-state index contributed by atoms with van der Waals surface area (Å²) in [6.45, 7) is 2.51. The van der Waals surface area contributed by atoms with Gasteiger partial charge in [-0.15, -0.1) is 0 Å². The Morgan fingerprint density at radius 2 is 2.50 bits per heavy atom. The second-order valence-corrected chi connectivity index (χ2v) is 3.68. The Balaban J connectivity index is 2.27. The number of hydrogen-bond acceptors (Lipinski definition) is 3. The quantitative estimate of drug-likeness (QED) is 0.662. The van der Waals surface area contributed by atoms with Gasteiger partial charge in [-0.2, -0.15) is 0 Å². The number of imidazole rings is 1. The summed E-state index contributed by atoms with van der Waals surface area (Å²) in [6.07, 6.45) is 4.40. The lowest BCUT2D eigenvalue weighted by atomic mass is 9.90. The summed E-state index contributed by atoms with van der Waals surface area (Å²) in [7, 11) is 1.94. The van der Waals surface area contributed by atoms with E-state index in [0.29, 0.717) is 6.61 Å². The lowest BCUT2D eigenvalue weighted by Crippen LogP contribution is -2.15. The zero-order chi connectivity index (χ0) is 10.1. The fourth-order valence-corrected chi connectivity index (χ4v) is 2.03. The van der Waals surface area contributed by atoms with Crippen LogP contribution in [0.25, 0.3) is 0 Å². The molecule has 2 rings (SSSR count). The molecule has 1 aromatic rings. The lowest BCUT2D eigenvalue weighted by Gasteiger charge is -2.13. The van der Waals surface area contributed by atoms with E-state index in [1.54, 1.807) is 6.33 Å². The molecule has 0 aromatic carbocycles. The second kappa shape index (κ2) is 3.44. The molecule has 0 saturated carbocycles. The summed E-state index contributed by atoms with van der Waals surface area (Å²) in [4.78, 5) is 15.4. The van der Waals surface area contributed by atoms with Crippen molar-refractivity contribution >= 4 is 5.97 Å². The van der Waals surface area contributed by atoms with E-state index in [2.05, 4.69) is 4.98 Å². The van der Waals surface area contributed by atoms with Crippen LogP contribution in [0.4, 0.5) is 0 Å². The van der Waals surface area contributed by atoms with Gasteiger partial charge in [-0.3, -0.25) is 4.79 Å². The molecule has 0 aliphatic carbocycles. The number of aryl methyl sites for hydroxylation is 1. The maximum absolute atomic E-state index is 11.4. The Hall–Kier alpha value is -1.32. The van der Waals surface area contributed by atoms with Crippen molar-refractivity contribution in [1.82, 2.24) is 9.55 Å². The Morgan fingerprint density at radius 1 is 1.71 bits per heavy atom. The Kier molecular flexibility index (Phi) is 2.27. The van der Waals surface area contributed by atoms with Crippen LogP contribution < -0.4 is 0 Å². The third-order valence-corrected chi connectivity index (χ3v) is 2.87. The van der Waals surface area contributed by atoms with E-state index in [1.165, 1.54) is 0 Å². The van der Waals surface area contributed by atoms with Gasteiger partial charge >= 0.3 is 5.97 Å². The van der Waals surface area contributed by atoms with Crippen LogP contribution in [0.2, 0.25) is 0 Å². The summed E-state index contributed by atoms with van der Waals surface area (Å²) >= 11 is 0. The smallest absolute Gasteiger partial charge is 0.309 e. The van der Waals surface area contributed by atoms with Crippen molar-refractivity contribution < 1.29 is 9.53 Å². The second-order valence-electron chi connectivity index (χ2n) is 3.68. The van der Waals surface area contributed by atoms with Gasteiger partial charge in [-0.05, 0) is 6.42 Å². The predicted molar refractivity (Wildman–Crippen MR) is 50.7 cm³/mol. The standard InChI is InChI=1S/C10H14N2O2/c1-3-7-8(5-14-10(7)13)9-4-11-6-12(9)2/h4,6-8H,3,5H2,1-2H3/t7-,8-/m0/s1. The largest absolute Gasteiger partial charge is 0.465 e. The third kappa shape index (κ3) is 1.31. The van der Waals surface area contributed by atoms with E-state index in [-0.39, 0.29) is 17.8 Å². The van der Waals surface area contributed by atoms with Gasteiger partial charge in [0.1, 0.15) is 6.61 Å². The average Bonchev–Trinajstić information content (AvgIpc) is 2.71. The van der Waals surface area contributed by atoms with Crippen LogP contribution in [0, 0.1) is 5.92 Å². The minimum atomic E-state index is -0.0706. The highest BCUT2D eigenvalue weighted by atomic mass is 16.5. The Morgan fingerprint density at radius 3 is 3.07 bits per heavy atom. The van der Waals surface area contributed by atoms with E-state index < -0.39 is 0 Å². The maximum atomic E-state index is 11.4. The maximum Gasteiger partial charge on any atom is 0.309 e. The van der Waals surface area contributed by atoms with Gasteiger partial charge in [-0.1, -0.05) is 6.92 Å². The predicted octanol–water partition coefficient (Wildman–Crippen LogP) is 1.09. The molecule has 0 bridgehead atoms. The molecular formula is C10H14N2O2. The molecule has 1 fully saturated rings. The number of carbonyl (C=O) groups excluding carboxylic acids is 1. The summed E-state index contributed by atoms with van der Waals surface area (Å²) < 4.78 is 7.02. The molecule has 4 heteroatoms. The first-order chi connectivity index (χ1) is 6.74. The SMILES string of the molecule is CC[C@@H]1C(=O)OC[C@@H]1c1cncn1C. The number of hydrogen-bond donors (Lipinski definition) is 0. The third-order valence-electron chi connectivity index (χ3n) is 2.87. The van der Waals surface area contributed by atoms with Crippen LogP contribution in [0.5, 0.6) is 0 Å². The van der Waals surface area contributed by atoms with E-state index >= 15 is 0 Å². The van der Waals surface area contributed by atoms with Crippen molar-refractivity contribution in [2.75, 3.05) is 6.61 Å². The molecule has 2 atom stereocenters. The first-order valence-electron chi connectivity index (χ1n) is 4.87. The minimum Gasteiger partial charge on any atom is -0.465 e. The van der Waals surface area contributed by atoms with Crippen LogP contribution in [0.15, 0.2) is 12.5 Å². The van der Waals surface area contributed by atoms with Crippen molar-refractivity contribution in [3.63, 3.8) is 0 Å². The summed E-state index contributed by atoms with van der Waals surface area (Å²) in [5, 5.41) is 0. The lowest BCUT2D eigenvalue weighted by molar-refractivity contribution is -0.141. The molecule has 1 aliphatic rings. The average molecular weight is 194 g/mol. The van der Waals surface area contributed by atoms with Crippen molar-refractivity contribution in [1.29, 1.82) is 0 Å². The van der Waals surface area contributed by atoms with Gasteiger partial charge in [-0.25, -0.2) is 4.98 Å². The molecule has 1 aromatic heterocycles. The summed E-state index contributed by atoms with van der Waals surface area (Å²) in [5.74, 6) is 0.115. The molecule has 1 saturated heterocycles. The van der Waals surface area contributed by atoms with Crippen molar-refractivity contribution in [2.45, 2.75) is 19.3 Å². The molecule has 4 nitrogen and oxygen atoms in total. The van der Waals surface area contributed by atoms with Crippen LogP contribution in [-0.4, -0.2) is 22.1 Å². The number of cyclic esters (lactones) is 1. The van der Waals surface area contributed by atoms with Crippen LogP contribution in [0.1, 0.15) is 25.0 Å². The number of nitrogens with zero attached hydrogens (tertiary/aromatic N) is 2. The van der Waals surface area contributed by atoms with E-state index in [4.69, 9.17) is 4.74 Å². The molecule has 0 amide bonds. The van der Waals surface area contributed by atoms with Crippen LogP contribution in [-0.2, 0) is 16.6 Å². The van der Waals surface area contributed by atoms with E-state index in [1.807, 2.05) is 24.7 Å². The van der Waals surface area contributed by atoms with Gasteiger partial charge in [0.25, 0.3) is 0 Å². The summed E-state index contributed by atoms with van der Waals surface area (Å²) in [6, 6.07) is 0. The fraction of sp³-hybridized carbons (Fsp3) is 0.600. The number of carbonyl (C=O) groups is 1. The molecule has 1 aliphatic heterocycles. The highest BCUT2D eigenvalue weighted by Crippen LogP contribution is 2.33. The van der Waals surface area contributed by atoms with Crippen molar-refractivity contribution in [3.8, 4) is 0 Å². The molecule has 2 heterocycles. The van der Waals surface area contributed by atoms with Gasteiger partial charge in [0.2, 0.25) is 0 Å². The minimum absolute atomic E-state index is 0.00500. The fourth-order valence-electron chi connectivity index (χ4n) is 2.03. The van der Waals surface area contributed by atoms with E-state index in [0.717, 1.165) is 12.1 Å². The van der Waals surface area contributed by atoms with Gasteiger partial charge in [0, 0.05) is 24.9 Å². The topological polar surface area (TPSA) is 44.1 Å². The first kappa shape index (κ1) is 9.24. The molecule has 0 radical (unpaired) electrons. The first-order valence-corrected chi connectivity index (χ1v) is 4.87. The van der Waals surface area contributed by atoms with Crippen LogP contribution >= 0.6 is 0 Å². The molecular weight excluding hydrogens is 180 g/mol. The van der Waals surface area contributed by atoms with Crippen molar-refractivity contribution in [2.24, 2.45) is 13.0 Å². The number of esters is 1. The normalized spacial score (nSPS) is 26.6. The van der Waals surface area contributed by atoms with Gasteiger partial charge in [0.05, 0.1) is 12.2 Å². The molecule has 14 heavy (non-hydrogen) atoms. The highest BCUT2D eigenvalue weighted by molar-refractivity contribution is 5.75. The Labute approximate surface area is 82.9 Å². The molecule has 76 valence electrons. The van der Waals surface area contributed by atoms with Gasteiger partial charge < -0.3 is 9.30 Å². The number of ether oxygens (including phenoxy) is 1. The highest BCUT2D eigenvalue weighted by Gasteiger charge is 2.37. The summed E-state index contributed by atoms with van der Waals surface area (Å²) in [5.41, 5.74) is 1.09. The van der Waals surface area contributed by atoms with Crippen LogP contribution in [0.3, 0.4) is 0 Å². The molecule has 0 unspecified atom stereocenters. The van der Waals surface area contributed by atoms with Crippen molar-refractivity contribution in [3.05, 3.63) is 18.2 Å². The number of aromatic nitrogens is 2. The zero-order valence-electron chi connectivity index (χ0n) is 8.43. The van der Waals surface area contributed by atoms with E-state index in [9.17, 15) is 4.79 Å². The monoisotopic (exact) mass is 194 g/mol. The molecule has 0 spiro atoms. The molecule has 0 N–H and O–H groups in total.